The molecule has 1 aromatic carbocycles. The molecule has 0 bridgehead atoms. The average Bonchev–Trinajstić information content (AvgIpc) is 2.48. The quantitative estimate of drug-likeness (QED) is 0.835. The summed E-state index contributed by atoms with van der Waals surface area (Å²) in [5.41, 5.74) is 0.624. The largest absolute Gasteiger partial charge is 0.393 e. The van der Waals surface area contributed by atoms with Crippen LogP contribution in [-0.4, -0.2) is 28.9 Å². The van der Waals surface area contributed by atoms with E-state index in [-0.39, 0.29) is 18.1 Å². The number of thioether (sulfide) groups is 1. The highest BCUT2D eigenvalue weighted by Gasteiger charge is 2.21. The van der Waals surface area contributed by atoms with E-state index < -0.39 is 0 Å². The van der Waals surface area contributed by atoms with Crippen LogP contribution in [0.5, 0.6) is 0 Å². The summed E-state index contributed by atoms with van der Waals surface area (Å²) in [6, 6.07) is 9.55. The van der Waals surface area contributed by atoms with E-state index in [1.807, 2.05) is 18.2 Å². The Morgan fingerprint density at radius 2 is 2.15 bits per heavy atom. The zero-order chi connectivity index (χ0) is 14.4. The van der Waals surface area contributed by atoms with Gasteiger partial charge in [-0.25, -0.2) is 0 Å². The van der Waals surface area contributed by atoms with Crippen LogP contribution in [0.2, 0.25) is 0 Å². The van der Waals surface area contributed by atoms with Crippen molar-refractivity contribution < 1.29 is 9.90 Å². The first-order valence-electron chi connectivity index (χ1n) is 6.78. The number of hydrogen-bond acceptors (Lipinski definition) is 4. The molecule has 2 rings (SSSR count). The van der Waals surface area contributed by atoms with Gasteiger partial charge in [0, 0.05) is 16.5 Å². The molecule has 0 saturated heterocycles. The van der Waals surface area contributed by atoms with Gasteiger partial charge in [-0.05, 0) is 43.9 Å². The molecule has 106 valence electrons. The first kappa shape index (κ1) is 14.9. The molecule has 1 aromatic rings. The molecular weight excluding hydrogens is 272 g/mol. The van der Waals surface area contributed by atoms with Crippen LogP contribution >= 0.6 is 11.8 Å². The molecule has 1 amide bonds. The highest BCUT2D eigenvalue weighted by molar-refractivity contribution is 7.99. The van der Waals surface area contributed by atoms with E-state index in [1.54, 1.807) is 6.07 Å². The number of nitrogens with zero attached hydrogens (tertiary/aromatic N) is 1. The van der Waals surface area contributed by atoms with Crippen LogP contribution in [0.15, 0.2) is 29.2 Å². The molecule has 0 heterocycles. The summed E-state index contributed by atoms with van der Waals surface area (Å²) in [6.07, 6.45) is 2.95. The molecule has 1 aliphatic carbocycles. The topological polar surface area (TPSA) is 73.1 Å². The molecule has 0 spiro atoms. The number of nitriles is 1. The second-order valence-corrected chi connectivity index (χ2v) is 6.00. The van der Waals surface area contributed by atoms with Crippen molar-refractivity contribution in [3.05, 3.63) is 29.8 Å². The summed E-state index contributed by atoms with van der Waals surface area (Å²) in [6.45, 7) is 0. The third-order valence-electron chi connectivity index (χ3n) is 3.43. The van der Waals surface area contributed by atoms with Crippen LogP contribution in [0.25, 0.3) is 0 Å². The van der Waals surface area contributed by atoms with Crippen molar-refractivity contribution in [3.8, 4) is 6.07 Å². The van der Waals surface area contributed by atoms with Gasteiger partial charge >= 0.3 is 0 Å². The number of carbonyl (C=O) groups excluding carboxylic acids is 1. The number of hydrogen-bond donors (Lipinski definition) is 2. The molecule has 1 fully saturated rings. The summed E-state index contributed by atoms with van der Waals surface area (Å²) in [5, 5.41) is 21.0. The monoisotopic (exact) mass is 290 g/mol. The maximum absolute atomic E-state index is 12.2. The lowest BCUT2D eigenvalue weighted by Gasteiger charge is -2.26. The summed E-state index contributed by atoms with van der Waals surface area (Å²) < 4.78 is 0. The van der Waals surface area contributed by atoms with Crippen molar-refractivity contribution in [2.45, 2.75) is 42.7 Å². The summed E-state index contributed by atoms with van der Waals surface area (Å²) in [5.74, 6) is 0.303. The van der Waals surface area contributed by atoms with Crippen molar-refractivity contribution >= 4 is 17.7 Å². The highest BCUT2D eigenvalue weighted by atomic mass is 32.2. The molecule has 0 atom stereocenters. The van der Waals surface area contributed by atoms with Crippen LogP contribution in [0.4, 0.5) is 0 Å². The van der Waals surface area contributed by atoms with E-state index >= 15 is 0 Å². The zero-order valence-electron chi connectivity index (χ0n) is 11.2. The van der Waals surface area contributed by atoms with E-state index in [2.05, 4.69) is 11.4 Å². The number of aliphatic hydroxyl groups excluding tert-OH is 1. The zero-order valence-corrected chi connectivity index (χ0v) is 12.0. The van der Waals surface area contributed by atoms with Gasteiger partial charge in [0.25, 0.3) is 5.91 Å². The fourth-order valence-electron chi connectivity index (χ4n) is 2.33. The fraction of sp³-hybridized carbons (Fsp3) is 0.467. The predicted molar refractivity (Wildman–Crippen MR) is 78.5 cm³/mol. The Morgan fingerprint density at radius 1 is 1.40 bits per heavy atom. The number of benzene rings is 1. The molecule has 0 aliphatic heterocycles. The standard InChI is InChI=1S/C15H18N2O2S/c16-8-9-20-14-3-1-2-11(10-14)15(19)17-12-4-6-13(18)7-5-12/h1-3,10,12-13,18H,4-7,9H2,(H,17,19). The van der Waals surface area contributed by atoms with Crippen LogP contribution in [0, 0.1) is 11.3 Å². The van der Waals surface area contributed by atoms with Gasteiger partial charge in [-0.2, -0.15) is 5.26 Å². The first-order valence-corrected chi connectivity index (χ1v) is 7.76. The Balaban J connectivity index is 1.93. The number of carbonyl (C=O) groups is 1. The van der Waals surface area contributed by atoms with Gasteiger partial charge in [0.05, 0.1) is 17.9 Å². The number of amides is 1. The fourth-order valence-corrected chi connectivity index (χ4v) is 2.95. The third-order valence-corrected chi connectivity index (χ3v) is 4.29. The van der Waals surface area contributed by atoms with Gasteiger partial charge < -0.3 is 10.4 Å². The molecular formula is C15H18N2O2S. The molecule has 5 heteroatoms. The second-order valence-electron chi connectivity index (χ2n) is 4.95. The summed E-state index contributed by atoms with van der Waals surface area (Å²) in [7, 11) is 0. The van der Waals surface area contributed by atoms with Crippen LogP contribution in [-0.2, 0) is 0 Å². The Morgan fingerprint density at radius 3 is 2.85 bits per heavy atom. The lowest BCUT2D eigenvalue weighted by atomic mass is 9.93. The second kappa shape index (κ2) is 7.32. The summed E-state index contributed by atoms with van der Waals surface area (Å²) in [4.78, 5) is 13.1. The van der Waals surface area contributed by atoms with Gasteiger partial charge in [0.15, 0.2) is 0 Å². The van der Waals surface area contributed by atoms with Gasteiger partial charge in [-0.1, -0.05) is 6.07 Å². The normalized spacial score (nSPS) is 22.0. The average molecular weight is 290 g/mol. The van der Waals surface area contributed by atoms with E-state index in [0.717, 1.165) is 30.6 Å². The molecule has 20 heavy (non-hydrogen) atoms. The third kappa shape index (κ3) is 4.26. The summed E-state index contributed by atoms with van der Waals surface area (Å²) >= 11 is 1.42. The molecule has 0 unspecified atom stereocenters. The van der Waals surface area contributed by atoms with Gasteiger partial charge in [-0.15, -0.1) is 11.8 Å². The highest BCUT2D eigenvalue weighted by Crippen LogP contribution is 2.21. The van der Waals surface area contributed by atoms with Crippen molar-refractivity contribution in [2.24, 2.45) is 0 Å². The van der Waals surface area contributed by atoms with E-state index in [0.29, 0.717) is 11.3 Å². The maximum atomic E-state index is 12.2. The molecule has 4 nitrogen and oxygen atoms in total. The van der Waals surface area contributed by atoms with Crippen molar-refractivity contribution in [1.82, 2.24) is 5.32 Å². The Labute approximate surface area is 123 Å². The lowest BCUT2D eigenvalue weighted by molar-refractivity contribution is 0.0867. The van der Waals surface area contributed by atoms with Crippen molar-refractivity contribution in [3.63, 3.8) is 0 Å². The van der Waals surface area contributed by atoms with E-state index in [1.165, 1.54) is 11.8 Å². The van der Waals surface area contributed by atoms with E-state index in [4.69, 9.17) is 5.26 Å². The van der Waals surface area contributed by atoms with Crippen LogP contribution in [0.3, 0.4) is 0 Å². The molecule has 0 radical (unpaired) electrons. The smallest absolute Gasteiger partial charge is 0.251 e. The van der Waals surface area contributed by atoms with E-state index in [9.17, 15) is 9.90 Å². The Bertz CT molecular complexity index is 505. The number of aliphatic hydroxyl groups is 1. The number of rotatable bonds is 4. The molecule has 1 saturated carbocycles. The van der Waals surface area contributed by atoms with Crippen LogP contribution in [0.1, 0.15) is 36.0 Å². The Hall–Kier alpha value is -1.51. The maximum Gasteiger partial charge on any atom is 0.251 e. The minimum atomic E-state index is -0.214. The van der Waals surface area contributed by atoms with Crippen molar-refractivity contribution in [2.75, 3.05) is 5.75 Å². The van der Waals surface area contributed by atoms with Crippen LogP contribution < -0.4 is 5.32 Å². The number of nitrogens with one attached hydrogen (secondary N) is 1. The lowest BCUT2D eigenvalue weighted by Crippen LogP contribution is -2.38. The first-order chi connectivity index (χ1) is 9.69. The minimum Gasteiger partial charge on any atom is -0.393 e. The van der Waals surface area contributed by atoms with Gasteiger partial charge in [0.2, 0.25) is 0 Å². The van der Waals surface area contributed by atoms with Gasteiger partial charge in [-0.3, -0.25) is 4.79 Å². The molecule has 0 aromatic heterocycles. The van der Waals surface area contributed by atoms with Crippen molar-refractivity contribution in [1.29, 1.82) is 5.26 Å². The molecule has 2 N–H and O–H groups in total. The molecule has 1 aliphatic rings. The Kier molecular flexibility index (Phi) is 5.45. The predicted octanol–water partition coefficient (Wildman–Crippen LogP) is 2.34. The minimum absolute atomic E-state index is 0.0780. The SMILES string of the molecule is N#CCSc1cccc(C(=O)NC2CCC(O)CC2)c1. The van der Waals surface area contributed by atoms with Gasteiger partial charge in [0.1, 0.15) is 0 Å².